The number of rotatable bonds is 5. The third-order valence-corrected chi connectivity index (χ3v) is 4.56. The normalized spacial score (nSPS) is 15.3. The lowest BCUT2D eigenvalue weighted by Crippen LogP contribution is -2.48. The summed E-state index contributed by atoms with van der Waals surface area (Å²) >= 11 is 0. The molecule has 3 rings (SSSR count). The molecule has 1 aliphatic rings. The van der Waals surface area contributed by atoms with Gasteiger partial charge in [0, 0.05) is 39.1 Å². The van der Waals surface area contributed by atoms with Crippen LogP contribution in [0.2, 0.25) is 0 Å². The van der Waals surface area contributed by atoms with Crippen LogP contribution in [-0.2, 0) is 17.8 Å². The minimum absolute atomic E-state index is 0.147. The molecule has 0 aromatic heterocycles. The Labute approximate surface area is 147 Å². The Morgan fingerprint density at radius 3 is 2.44 bits per heavy atom. The molecule has 0 radical (unpaired) electrons. The van der Waals surface area contributed by atoms with Gasteiger partial charge in [0.1, 0.15) is 11.6 Å². The summed E-state index contributed by atoms with van der Waals surface area (Å²) in [6.45, 7) is 3.72. The lowest BCUT2D eigenvalue weighted by Gasteiger charge is -2.34. The molecule has 5 heteroatoms. The predicted octanol–water partition coefficient (Wildman–Crippen LogP) is 2.81. The maximum absolute atomic E-state index is 13.3. The fourth-order valence-electron chi connectivity index (χ4n) is 3.17. The Balaban J connectivity index is 1.44. The molecule has 0 aliphatic carbocycles. The molecule has 1 fully saturated rings. The average molecular weight is 342 g/mol. The van der Waals surface area contributed by atoms with Crippen LogP contribution in [0.25, 0.3) is 0 Å². The van der Waals surface area contributed by atoms with E-state index < -0.39 is 0 Å². The fraction of sp³-hybridized carbons (Fsp3) is 0.350. The third kappa shape index (κ3) is 5.03. The molecule has 4 nitrogen and oxygen atoms in total. The standard InChI is InChI=1S/C20H23FN2O2/c21-18-5-1-4-17(13-18)15-22-9-11-23(12-10-22)20(25)8-7-16-3-2-6-19(24)14-16/h1-6,13-14,24H,7-12,15H2. The van der Waals surface area contributed by atoms with Crippen molar-refractivity contribution in [2.75, 3.05) is 26.2 Å². The molecule has 1 N–H and O–H groups in total. The van der Waals surface area contributed by atoms with Gasteiger partial charge in [-0.3, -0.25) is 9.69 Å². The van der Waals surface area contributed by atoms with Crippen molar-refractivity contribution in [2.45, 2.75) is 19.4 Å². The van der Waals surface area contributed by atoms with Crippen LogP contribution in [0.15, 0.2) is 48.5 Å². The second-order valence-corrected chi connectivity index (χ2v) is 6.46. The molecular formula is C20H23FN2O2. The number of nitrogens with zero attached hydrogens (tertiary/aromatic N) is 2. The van der Waals surface area contributed by atoms with Crippen molar-refractivity contribution >= 4 is 5.91 Å². The number of hydrogen-bond donors (Lipinski definition) is 1. The largest absolute Gasteiger partial charge is 0.508 e. The first-order valence-electron chi connectivity index (χ1n) is 8.62. The van der Waals surface area contributed by atoms with Gasteiger partial charge in [-0.05, 0) is 41.8 Å². The van der Waals surface area contributed by atoms with Crippen molar-refractivity contribution in [3.8, 4) is 5.75 Å². The molecule has 2 aromatic carbocycles. The smallest absolute Gasteiger partial charge is 0.222 e. The maximum atomic E-state index is 13.3. The van der Waals surface area contributed by atoms with Gasteiger partial charge in [0.25, 0.3) is 0 Å². The Morgan fingerprint density at radius 1 is 1.00 bits per heavy atom. The van der Waals surface area contributed by atoms with Gasteiger partial charge in [0.2, 0.25) is 5.91 Å². The van der Waals surface area contributed by atoms with E-state index in [2.05, 4.69) is 4.90 Å². The van der Waals surface area contributed by atoms with Crippen LogP contribution in [0.4, 0.5) is 4.39 Å². The van der Waals surface area contributed by atoms with Gasteiger partial charge in [0.15, 0.2) is 0 Å². The van der Waals surface area contributed by atoms with Crippen molar-refractivity contribution in [1.82, 2.24) is 9.80 Å². The Morgan fingerprint density at radius 2 is 1.72 bits per heavy atom. The molecule has 0 atom stereocenters. The zero-order chi connectivity index (χ0) is 17.6. The first-order valence-corrected chi connectivity index (χ1v) is 8.62. The average Bonchev–Trinajstić information content (AvgIpc) is 2.60. The summed E-state index contributed by atoms with van der Waals surface area (Å²) in [5.41, 5.74) is 1.93. The second kappa shape index (κ2) is 8.12. The highest BCUT2D eigenvalue weighted by atomic mass is 19.1. The molecule has 0 saturated carbocycles. The summed E-state index contributed by atoms with van der Waals surface area (Å²) in [6.07, 6.45) is 1.09. The summed E-state index contributed by atoms with van der Waals surface area (Å²) in [4.78, 5) is 16.5. The van der Waals surface area contributed by atoms with Gasteiger partial charge in [-0.1, -0.05) is 24.3 Å². The van der Waals surface area contributed by atoms with Gasteiger partial charge >= 0.3 is 0 Å². The number of aromatic hydroxyl groups is 1. The van der Waals surface area contributed by atoms with Crippen molar-refractivity contribution in [2.24, 2.45) is 0 Å². The summed E-state index contributed by atoms with van der Waals surface area (Å²) in [7, 11) is 0. The lowest BCUT2D eigenvalue weighted by molar-refractivity contribution is -0.133. The Bertz CT molecular complexity index is 727. The first-order chi connectivity index (χ1) is 12.1. The monoisotopic (exact) mass is 342 g/mol. The highest BCUT2D eigenvalue weighted by molar-refractivity contribution is 5.76. The second-order valence-electron chi connectivity index (χ2n) is 6.46. The van der Waals surface area contributed by atoms with E-state index in [-0.39, 0.29) is 17.5 Å². The Kier molecular flexibility index (Phi) is 5.66. The molecule has 0 spiro atoms. The van der Waals surface area contributed by atoms with Crippen molar-refractivity contribution in [1.29, 1.82) is 0 Å². The highest BCUT2D eigenvalue weighted by Gasteiger charge is 2.20. The topological polar surface area (TPSA) is 43.8 Å². The number of phenols is 1. The molecule has 2 aromatic rings. The number of halogens is 1. The van der Waals surface area contributed by atoms with Gasteiger partial charge < -0.3 is 10.0 Å². The van der Waals surface area contributed by atoms with E-state index in [1.165, 1.54) is 6.07 Å². The van der Waals surface area contributed by atoms with E-state index in [1.54, 1.807) is 30.3 Å². The van der Waals surface area contributed by atoms with Crippen LogP contribution in [-0.4, -0.2) is 47.0 Å². The van der Waals surface area contributed by atoms with E-state index in [4.69, 9.17) is 0 Å². The van der Waals surface area contributed by atoms with E-state index >= 15 is 0 Å². The molecule has 0 unspecified atom stereocenters. The molecule has 1 heterocycles. The minimum atomic E-state index is -0.210. The first kappa shape index (κ1) is 17.4. The fourth-order valence-corrected chi connectivity index (χ4v) is 3.17. The maximum Gasteiger partial charge on any atom is 0.222 e. The zero-order valence-electron chi connectivity index (χ0n) is 14.2. The molecule has 132 valence electrons. The number of piperazine rings is 1. The molecule has 1 aliphatic heterocycles. The van der Waals surface area contributed by atoms with Crippen LogP contribution in [0, 0.1) is 5.82 Å². The van der Waals surface area contributed by atoms with Crippen LogP contribution in [0.3, 0.4) is 0 Å². The number of phenolic OH excluding ortho intramolecular Hbond substituents is 1. The third-order valence-electron chi connectivity index (χ3n) is 4.56. The van der Waals surface area contributed by atoms with Gasteiger partial charge in [-0.2, -0.15) is 0 Å². The summed E-state index contributed by atoms with van der Waals surface area (Å²) in [5.74, 6) is 0.169. The van der Waals surface area contributed by atoms with Crippen LogP contribution in [0.1, 0.15) is 17.5 Å². The minimum Gasteiger partial charge on any atom is -0.508 e. The number of amides is 1. The lowest BCUT2D eigenvalue weighted by atomic mass is 10.1. The van der Waals surface area contributed by atoms with Crippen molar-refractivity contribution < 1.29 is 14.3 Å². The highest BCUT2D eigenvalue weighted by Crippen LogP contribution is 2.14. The van der Waals surface area contributed by atoms with Gasteiger partial charge in [-0.25, -0.2) is 4.39 Å². The van der Waals surface area contributed by atoms with E-state index in [0.717, 1.165) is 24.2 Å². The number of carbonyl (C=O) groups is 1. The zero-order valence-corrected chi connectivity index (χ0v) is 14.2. The van der Waals surface area contributed by atoms with E-state index in [9.17, 15) is 14.3 Å². The molecule has 0 bridgehead atoms. The van der Waals surface area contributed by atoms with E-state index in [0.29, 0.717) is 32.5 Å². The summed E-state index contributed by atoms with van der Waals surface area (Å²) in [5, 5.41) is 9.47. The van der Waals surface area contributed by atoms with Crippen molar-refractivity contribution in [3.05, 3.63) is 65.5 Å². The van der Waals surface area contributed by atoms with Gasteiger partial charge in [-0.15, -0.1) is 0 Å². The predicted molar refractivity (Wildman–Crippen MR) is 94.7 cm³/mol. The quantitative estimate of drug-likeness (QED) is 0.909. The van der Waals surface area contributed by atoms with E-state index in [1.807, 2.05) is 17.0 Å². The Hall–Kier alpha value is -2.40. The number of aryl methyl sites for hydroxylation is 1. The number of hydrogen-bond acceptors (Lipinski definition) is 3. The summed E-state index contributed by atoms with van der Waals surface area (Å²) < 4.78 is 13.3. The molecule has 25 heavy (non-hydrogen) atoms. The van der Waals surface area contributed by atoms with Crippen LogP contribution >= 0.6 is 0 Å². The molecule has 1 amide bonds. The van der Waals surface area contributed by atoms with Crippen LogP contribution in [0.5, 0.6) is 5.75 Å². The van der Waals surface area contributed by atoms with Gasteiger partial charge in [0.05, 0.1) is 0 Å². The summed E-state index contributed by atoms with van der Waals surface area (Å²) in [6, 6.07) is 13.7. The number of benzene rings is 2. The van der Waals surface area contributed by atoms with Crippen molar-refractivity contribution in [3.63, 3.8) is 0 Å². The SMILES string of the molecule is O=C(CCc1cccc(O)c1)N1CCN(Cc2cccc(F)c2)CC1. The van der Waals surface area contributed by atoms with Crippen LogP contribution < -0.4 is 0 Å². The molecular weight excluding hydrogens is 319 g/mol. The number of carbonyl (C=O) groups excluding carboxylic acids is 1. The molecule has 1 saturated heterocycles.